The number of hydrogen-bond acceptors (Lipinski definition) is 5. The van der Waals surface area contributed by atoms with Gasteiger partial charge in [0.25, 0.3) is 5.69 Å². The molecule has 2 aromatic rings. The maximum Gasteiger partial charge on any atom is 0.271 e. The number of nitrogens with one attached hydrogen (secondary N) is 1. The molecule has 0 saturated carbocycles. The van der Waals surface area contributed by atoms with Crippen molar-refractivity contribution in [2.75, 3.05) is 5.43 Å². The predicted molar refractivity (Wildman–Crippen MR) is 91.7 cm³/mol. The molecule has 114 valence electrons. The number of nitrogens with zero attached hydrogens (tertiary/aromatic N) is 2. The van der Waals surface area contributed by atoms with Gasteiger partial charge in [-0.3, -0.25) is 15.5 Å². The number of benzene rings is 2. The number of thioether (sulfide) groups is 1. The fraction of sp³-hybridized carbons (Fsp3) is 0.188. The molecule has 0 saturated heterocycles. The molecule has 0 aliphatic carbocycles. The second-order valence-electron chi connectivity index (χ2n) is 4.91. The zero-order chi connectivity index (χ0) is 15.9. The molecule has 6 heteroatoms. The molecule has 0 aliphatic rings. The van der Waals surface area contributed by atoms with Crippen LogP contribution >= 0.6 is 11.8 Å². The summed E-state index contributed by atoms with van der Waals surface area (Å²) in [6.45, 7) is 4.31. The highest BCUT2D eigenvalue weighted by Gasteiger charge is 2.04. The van der Waals surface area contributed by atoms with Gasteiger partial charge in [0, 0.05) is 22.3 Å². The first-order chi connectivity index (χ1) is 10.5. The number of non-ortho nitro benzene ring substituents is 1. The Morgan fingerprint density at radius 3 is 2.59 bits per heavy atom. The van der Waals surface area contributed by atoms with E-state index < -0.39 is 4.92 Å². The van der Waals surface area contributed by atoms with Crippen LogP contribution in [0.2, 0.25) is 0 Å². The monoisotopic (exact) mass is 315 g/mol. The smallest absolute Gasteiger partial charge is 0.271 e. The third-order valence-corrected chi connectivity index (χ3v) is 3.73. The predicted octanol–water partition coefficient (Wildman–Crippen LogP) is 4.54. The number of rotatable bonds is 6. The molecular weight excluding hydrogens is 298 g/mol. The molecule has 0 atom stereocenters. The largest absolute Gasteiger partial charge is 0.278 e. The molecule has 0 heterocycles. The van der Waals surface area contributed by atoms with Crippen LogP contribution in [0.1, 0.15) is 19.4 Å². The third-order valence-electron chi connectivity index (χ3n) is 2.72. The standard InChI is InChI=1S/C16H17N3O2S/c1-12(2)22-16-8-6-13(7-9-16)11-17-18-14-4-3-5-15(10-14)19(20)21/h3-12,18H,1-2H3. The molecule has 0 radical (unpaired) electrons. The van der Waals surface area contributed by atoms with Gasteiger partial charge in [0.2, 0.25) is 0 Å². The summed E-state index contributed by atoms with van der Waals surface area (Å²) < 4.78 is 0. The molecule has 0 aromatic heterocycles. The van der Waals surface area contributed by atoms with Crippen LogP contribution in [0.4, 0.5) is 11.4 Å². The maximum atomic E-state index is 10.7. The molecule has 0 aliphatic heterocycles. The first-order valence-electron chi connectivity index (χ1n) is 6.85. The summed E-state index contributed by atoms with van der Waals surface area (Å²) in [4.78, 5) is 11.5. The van der Waals surface area contributed by atoms with E-state index in [-0.39, 0.29) is 5.69 Å². The van der Waals surface area contributed by atoms with Crippen LogP contribution in [0, 0.1) is 10.1 Å². The highest BCUT2D eigenvalue weighted by Crippen LogP contribution is 2.22. The van der Waals surface area contributed by atoms with Gasteiger partial charge >= 0.3 is 0 Å². The van der Waals surface area contributed by atoms with Gasteiger partial charge in [-0.2, -0.15) is 5.10 Å². The highest BCUT2D eigenvalue weighted by atomic mass is 32.2. The molecule has 5 nitrogen and oxygen atoms in total. The normalized spacial score (nSPS) is 11.0. The Morgan fingerprint density at radius 1 is 1.23 bits per heavy atom. The maximum absolute atomic E-state index is 10.7. The average Bonchev–Trinajstić information content (AvgIpc) is 2.49. The van der Waals surface area contributed by atoms with Crippen molar-refractivity contribution in [2.24, 2.45) is 5.10 Å². The van der Waals surface area contributed by atoms with Crippen LogP contribution in [0.3, 0.4) is 0 Å². The van der Waals surface area contributed by atoms with E-state index in [0.29, 0.717) is 10.9 Å². The minimum Gasteiger partial charge on any atom is -0.278 e. The number of hydrazone groups is 1. The van der Waals surface area contributed by atoms with Gasteiger partial charge in [-0.25, -0.2) is 0 Å². The fourth-order valence-corrected chi connectivity index (χ4v) is 2.61. The van der Waals surface area contributed by atoms with E-state index in [2.05, 4.69) is 36.5 Å². The summed E-state index contributed by atoms with van der Waals surface area (Å²) in [5, 5.41) is 15.3. The summed E-state index contributed by atoms with van der Waals surface area (Å²) >= 11 is 1.81. The zero-order valence-electron chi connectivity index (χ0n) is 12.4. The quantitative estimate of drug-likeness (QED) is 0.368. The van der Waals surface area contributed by atoms with Crippen molar-refractivity contribution < 1.29 is 4.92 Å². The lowest BCUT2D eigenvalue weighted by molar-refractivity contribution is -0.384. The fourth-order valence-electron chi connectivity index (χ4n) is 1.77. The second kappa shape index (κ2) is 7.61. The summed E-state index contributed by atoms with van der Waals surface area (Å²) in [5.41, 5.74) is 4.38. The Balaban J connectivity index is 1.97. The van der Waals surface area contributed by atoms with Crippen LogP contribution in [0.25, 0.3) is 0 Å². The lowest BCUT2D eigenvalue weighted by Gasteiger charge is -2.04. The van der Waals surface area contributed by atoms with Gasteiger partial charge in [-0.15, -0.1) is 11.8 Å². The van der Waals surface area contributed by atoms with Crippen molar-refractivity contribution in [3.63, 3.8) is 0 Å². The minimum atomic E-state index is -0.431. The van der Waals surface area contributed by atoms with Crippen molar-refractivity contribution in [2.45, 2.75) is 24.0 Å². The summed E-state index contributed by atoms with van der Waals surface area (Å²) in [6, 6.07) is 14.3. The van der Waals surface area contributed by atoms with Crippen molar-refractivity contribution in [3.8, 4) is 0 Å². The molecule has 0 spiro atoms. The molecule has 0 unspecified atom stereocenters. The first kappa shape index (κ1) is 16.0. The van der Waals surface area contributed by atoms with Gasteiger partial charge in [0.1, 0.15) is 0 Å². The number of nitro groups is 1. The Labute approximate surface area is 133 Å². The van der Waals surface area contributed by atoms with E-state index in [1.165, 1.54) is 17.0 Å². The summed E-state index contributed by atoms with van der Waals surface area (Å²) in [7, 11) is 0. The third kappa shape index (κ3) is 4.89. The van der Waals surface area contributed by atoms with E-state index in [9.17, 15) is 10.1 Å². The Kier molecular flexibility index (Phi) is 5.55. The molecule has 0 amide bonds. The average molecular weight is 315 g/mol. The van der Waals surface area contributed by atoms with Gasteiger partial charge in [-0.05, 0) is 23.8 Å². The van der Waals surface area contributed by atoms with Gasteiger partial charge in [0.15, 0.2) is 0 Å². The molecule has 1 N–H and O–H groups in total. The molecule has 2 aromatic carbocycles. The van der Waals surface area contributed by atoms with Gasteiger partial charge in [0.05, 0.1) is 16.8 Å². The number of anilines is 1. The zero-order valence-corrected chi connectivity index (χ0v) is 13.2. The number of nitro benzene ring substituents is 1. The van der Waals surface area contributed by atoms with Crippen LogP contribution in [-0.4, -0.2) is 16.4 Å². The summed E-state index contributed by atoms with van der Waals surface area (Å²) in [5.74, 6) is 0. The Bertz CT molecular complexity index is 669. The van der Waals surface area contributed by atoms with Crippen molar-refractivity contribution in [1.29, 1.82) is 0 Å². The topological polar surface area (TPSA) is 67.5 Å². The molecule has 0 fully saturated rings. The van der Waals surface area contributed by atoms with Crippen LogP contribution in [0.15, 0.2) is 58.5 Å². The first-order valence-corrected chi connectivity index (χ1v) is 7.73. The lowest BCUT2D eigenvalue weighted by Crippen LogP contribution is -1.93. The molecular formula is C16H17N3O2S. The van der Waals surface area contributed by atoms with Gasteiger partial charge < -0.3 is 0 Å². The van der Waals surface area contributed by atoms with Crippen LogP contribution in [0.5, 0.6) is 0 Å². The number of hydrogen-bond donors (Lipinski definition) is 1. The van der Waals surface area contributed by atoms with Crippen molar-refractivity contribution in [3.05, 3.63) is 64.2 Å². The SMILES string of the molecule is CC(C)Sc1ccc(C=NNc2cccc([N+](=O)[O-])c2)cc1. The summed E-state index contributed by atoms with van der Waals surface area (Å²) in [6.07, 6.45) is 1.68. The van der Waals surface area contributed by atoms with Gasteiger partial charge in [-0.1, -0.05) is 32.0 Å². The van der Waals surface area contributed by atoms with Crippen LogP contribution in [-0.2, 0) is 0 Å². The van der Waals surface area contributed by atoms with Crippen LogP contribution < -0.4 is 5.43 Å². The van der Waals surface area contributed by atoms with E-state index in [0.717, 1.165) is 5.56 Å². The highest BCUT2D eigenvalue weighted by molar-refractivity contribution is 7.99. The van der Waals surface area contributed by atoms with Crippen molar-refractivity contribution >= 4 is 29.4 Å². The van der Waals surface area contributed by atoms with E-state index in [1.807, 2.05) is 23.9 Å². The Hall–Kier alpha value is -2.34. The molecule has 2 rings (SSSR count). The Morgan fingerprint density at radius 2 is 1.95 bits per heavy atom. The van der Waals surface area contributed by atoms with E-state index in [4.69, 9.17) is 0 Å². The second-order valence-corrected chi connectivity index (χ2v) is 6.56. The molecule has 0 bridgehead atoms. The van der Waals surface area contributed by atoms with E-state index >= 15 is 0 Å². The minimum absolute atomic E-state index is 0.0373. The molecule has 22 heavy (non-hydrogen) atoms. The van der Waals surface area contributed by atoms with E-state index in [1.54, 1.807) is 18.3 Å². The van der Waals surface area contributed by atoms with Crippen molar-refractivity contribution in [1.82, 2.24) is 0 Å². The lowest BCUT2D eigenvalue weighted by atomic mass is 10.2.